The number of amides is 2. The van der Waals surface area contributed by atoms with E-state index in [1.165, 1.54) is 11.8 Å². The number of thioether (sulfide) groups is 1. The number of aromatic nitrogens is 3. The molecule has 0 atom stereocenters. The van der Waals surface area contributed by atoms with Gasteiger partial charge in [-0.3, -0.25) is 9.59 Å². The standard InChI is InChI=1S/C23H26ClN5O2S/c1-4-28(5-2)22(31)19-12-11-18(13-20(19)24)25-21(30)15-32-23-27-26-16(3)29(23)14-17-9-7-6-8-10-17/h6-13H,4-5,14-15H2,1-3H3,(H,25,30). The molecule has 2 aromatic carbocycles. The predicted molar refractivity (Wildman–Crippen MR) is 128 cm³/mol. The summed E-state index contributed by atoms with van der Waals surface area (Å²) in [6, 6.07) is 15.0. The van der Waals surface area contributed by atoms with Crippen LogP contribution in [0.15, 0.2) is 53.7 Å². The highest BCUT2D eigenvalue weighted by Crippen LogP contribution is 2.23. The Morgan fingerprint density at radius 2 is 1.81 bits per heavy atom. The smallest absolute Gasteiger partial charge is 0.255 e. The van der Waals surface area contributed by atoms with Crippen molar-refractivity contribution in [1.29, 1.82) is 0 Å². The molecule has 3 aromatic rings. The summed E-state index contributed by atoms with van der Waals surface area (Å²) in [5, 5.41) is 12.2. The van der Waals surface area contributed by atoms with Gasteiger partial charge in [-0.2, -0.15) is 0 Å². The van der Waals surface area contributed by atoms with Gasteiger partial charge in [0.25, 0.3) is 5.91 Å². The molecule has 0 aliphatic carbocycles. The number of hydrogen-bond donors (Lipinski definition) is 1. The lowest BCUT2D eigenvalue weighted by Crippen LogP contribution is -2.30. The second kappa shape index (κ2) is 11.2. The van der Waals surface area contributed by atoms with Crippen molar-refractivity contribution in [3.05, 3.63) is 70.5 Å². The fourth-order valence-corrected chi connectivity index (χ4v) is 4.24. The Morgan fingerprint density at radius 3 is 2.47 bits per heavy atom. The van der Waals surface area contributed by atoms with Crippen LogP contribution >= 0.6 is 23.4 Å². The number of benzene rings is 2. The SMILES string of the molecule is CCN(CC)C(=O)c1ccc(NC(=O)CSc2nnc(C)n2Cc2ccccc2)cc1Cl. The van der Waals surface area contributed by atoms with Crippen LogP contribution in [0.3, 0.4) is 0 Å². The maximum Gasteiger partial charge on any atom is 0.255 e. The van der Waals surface area contributed by atoms with Crippen molar-refractivity contribution in [2.45, 2.75) is 32.5 Å². The van der Waals surface area contributed by atoms with Gasteiger partial charge in [0.05, 0.1) is 22.9 Å². The Bertz CT molecular complexity index is 1080. The first-order valence-electron chi connectivity index (χ1n) is 10.4. The summed E-state index contributed by atoms with van der Waals surface area (Å²) < 4.78 is 1.98. The Balaban J connectivity index is 1.61. The molecule has 32 heavy (non-hydrogen) atoms. The molecule has 0 bridgehead atoms. The normalized spacial score (nSPS) is 10.8. The molecule has 0 saturated carbocycles. The quantitative estimate of drug-likeness (QED) is 0.465. The highest BCUT2D eigenvalue weighted by atomic mass is 35.5. The maximum absolute atomic E-state index is 12.5. The van der Waals surface area contributed by atoms with E-state index in [2.05, 4.69) is 15.5 Å². The van der Waals surface area contributed by atoms with Gasteiger partial charge in [-0.05, 0) is 44.5 Å². The van der Waals surface area contributed by atoms with Crippen LogP contribution in [0.1, 0.15) is 35.6 Å². The molecule has 0 unspecified atom stereocenters. The van der Waals surface area contributed by atoms with Crippen molar-refractivity contribution >= 4 is 40.9 Å². The third-order valence-corrected chi connectivity index (χ3v) is 6.23. The molecule has 0 radical (unpaired) electrons. The molecule has 0 aliphatic rings. The molecule has 0 spiro atoms. The summed E-state index contributed by atoms with van der Waals surface area (Å²) >= 11 is 7.63. The zero-order chi connectivity index (χ0) is 23.1. The van der Waals surface area contributed by atoms with Crippen molar-refractivity contribution in [3.63, 3.8) is 0 Å². The van der Waals surface area contributed by atoms with Gasteiger partial charge in [-0.15, -0.1) is 10.2 Å². The topological polar surface area (TPSA) is 80.1 Å². The molecule has 0 saturated heterocycles. The summed E-state index contributed by atoms with van der Waals surface area (Å²) in [6.45, 7) is 7.59. The molecule has 2 amide bonds. The highest BCUT2D eigenvalue weighted by Gasteiger charge is 2.17. The Kier molecular flexibility index (Phi) is 8.30. The van der Waals surface area contributed by atoms with E-state index in [1.807, 2.05) is 55.7 Å². The number of aryl methyl sites for hydroxylation is 1. The van der Waals surface area contributed by atoms with E-state index < -0.39 is 0 Å². The van der Waals surface area contributed by atoms with Crippen LogP contribution in [-0.2, 0) is 11.3 Å². The zero-order valence-corrected chi connectivity index (χ0v) is 19.9. The van der Waals surface area contributed by atoms with Gasteiger partial charge in [-0.25, -0.2) is 0 Å². The molecular weight excluding hydrogens is 446 g/mol. The first-order valence-corrected chi connectivity index (χ1v) is 11.7. The van der Waals surface area contributed by atoms with E-state index in [1.54, 1.807) is 23.1 Å². The van der Waals surface area contributed by atoms with Gasteiger partial charge in [0.1, 0.15) is 5.82 Å². The van der Waals surface area contributed by atoms with Gasteiger partial charge in [0.2, 0.25) is 5.91 Å². The third kappa shape index (κ3) is 5.89. The van der Waals surface area contributed by atoms with E-state index in [0.29, 0.717) is 41.1 Å². The molecule has 1 N–H and O–H groups in total. The van der Waals surface area contributed by atoms with Crippen molar-refractivity contribution < 1.29 is 9.59 Å². The molecule has 3 rings (SSSR count). The van der Waals surface area contributed by atoms with Crippen LogP contribution < -0.4 is 5.32 Å². The van der Waals surface area contributed by atoms with Crippen LogP contribution in [0.25, 0.3) is 0 Å². The summed E-state index contributed by atoms with van der Waals surface area (Å²) in [5.74, 6) is 0.643. The lowest BCUT2D eigenvalue weighted by Gasteiger charge is -2.19. The van der Waals surface area contributed by atoms with E-state index >= 15 is 0 Å². The average molecular weight is 472 g/mol. The van der Waals surface area contributed by atoms with Gasteiger partial charge < -0.3 is 14.8 Å². The van der Waals surface area contributed by atoms with Crippen LogP contribution in [0.2, 0.25) is 5.02 Å². The highest BCUT2D eigenvalue weighted by molar-refractivity contribution is 7.99. The Hall–Kier alpha value is -2.84. The second-order valence-corrected chi connectivity index (χ2v) is 8.46. The van der Waals surface area contributed by atoms with Crippen molar-refractivity contribution in [2.75, 3.05) is 24.2 Å². The largest absolute Gasteiger partial charge is 0.339 e. The van der Waals surface area contributed by atoms with Gasteiger partial charge in [0.15, 0.2) is 5.16 Å². The number of nitrogens with one attached hydrogen (secondary N) is 1. The first-order chi connectivity index (χ1) is 15.4. The van der Waals surface area contributed by atoms with Crippen molar-refractivity contribution in [1.82, 2.24) is 19.7 Å². The Morgan fingerprint density at radius 1 is 1.09 bits per heavy atom. The molecule has 0 aliphatic heterocycles. The number of anilines is 1. The van der Waals surface area contributed by atoms with E-state index in [9.17, 15) is 9.59 Å². The fraction of sp³-hybridized carbons (Fsp3) is 0.304. The van der Waals surface area contributed by atoms with E-state index in [-0.39, 0.29) is 17.6 Å². The van der Waals surface area contributed by atoms with Crippen LogP contribution in [0, 0.1) is 6.92 Å². The summed E-state index contributed by atoms with van der Waals surface area (Å²) in [6.07, 6.45) is 0. The molecule has 7 nitrogen and oxygen atoms in total. The molecule has 1 aromatic heterocycles. The van der Waals surface area contributed by atoms with Crippen LogP contribution in [-0.4, -0.2) is 50.3 Å². The lowest BCUT2D eigenvalue weighted by molar-refractivity contribution is -0.113. The maximum atomic E-state index is 12.5. The zero-order valence-electron chi connectivity index (χ0n) is 18.3. The minimum absolute atomic E-state index is 0.124. The number of rotatable bonds is 9. The molecule has 9 heteroatoms. The number of carbonyl (C=O) groups excluding carboxylic acids is 2. The van der Waals surface area contributed by atoms with Crippen molar-refractivity contribution in [3.8, 4) is 0 Å². The first kappa shape index (κ1) is 23.8. The predicted octanol–water partition coefficient (Wildman–Crippen LogP) is 4.50. The molecular formula is C23H26ClN5O2S. The minimum atomic E-state index is -0.194. The van der Waals surface area contributed by atoms with E-state index in [4.69, 9.17) is 11.6 Å². The van der Waals surface area contributed by atoms with Crippen LogP contribution in [0.5, 0.6) is 0 Å². The van der Waals surface area contributed by atoms with E-state index in [0.717, 1.165) is 11.4 Å². The summed E-state index contributed by atoms with van der Waals surface area (Å²) in [7, 11) is 0. The number of halogens is 1. The fourth-order valence-electron chi connectivity index (χ4n) is 3.19. The van der Waals surface area contributed by atoms with Gasteiger partial charge in [-0.1, -0.05) is 53.7 Å². The molecule has 0 fully saturated rings. The second-order valence-electron chi connectivity index (χ2n) is 7.11. The Labute approximate surface area is 197 Å². The van der Waals surface area contributed by atoms with Gasteiger partial charge >= 0.3 is 0 Å². The monoisotopic (exact) mass is 471 g/mol. The number of carbonyl (C=O) groups is 2. The third-order valence-electron chi connectivity index (χ3n) is 4.95. The van der Waals surface area contributed by atoms with Crippen LogP contribution in [0.4, 0.5) is 5.69 Å². The summed E-state index contributed by atoms with van der Waals surface area (Å²) in [4.78, 5) is 26.7. The van der Waals surface area contributed by atoms with Gasteiger partial charge in [0, 0.05) is 18.8 Å². The van der Waals surface area contributed by atoms with Crippen molar-refractivity contribution in [2.24, 2.45) is 0 Å². The summed E-state index contributed by atoms with van der Waals surface area (Å²) in [5.41, 5.74) is 2.10. The lowest BCUT2D eigenvalue weighted by atomic mass is 10.1. The average Bonchev–Trinajstić information content (AvgIpc) is 3.13. The number of nitrogens with zero attached hydrogens (tertiary/aromatic N) is 4. The minimum Gasteiger partial charge on any atom is -0.339 e. The molecule has 1 heterocycles. The molecule has 168 valence electrons. The number of hydrogen-bond acceptors (Lipinski definition) is 5.